The van der Waals surface area contributed by atoms with Gasteiger partial charge in [-0.2, -0.15) is 4.31 Å². The van der Waals surface area contributed by atoms with E-state index in [1.165, 1.54) is 4.31 Å². The molecule has 0 bridgehead atoms. The van der Waals surface area contributed by atoms with Gasteiger partial charge >= 0.3 is 0 Å². The molecule has 1 atom stereocenters. The number of carbonyl (C=O) groups is 1. The molecule has 0 spiro atoms. The Balaban J connectivity index is 1.93. The smallest absolute Gasteiger partial charge is 0.241 e. The van der Waals surface area contributed by atoms with Gasteiger partial charge in [-0.05, 0) is 37.6 Å². The Labute approximate surface area is 159 Å². The average Bonchev–Trinajstić information content (AvgIpc) is 2.59. The zero-order valence-corrected chi connectivity index (χ0v) is 17.9. The van der Waals surface area contributed by atoms with Crippen LogP contribution in [-0.2, 0) is 14.8 Å². The molecular weight excluding hydrogens is 350 g/mol. The van der Waals surface area contributed by atoms with Gasteiger partial charge in [-0.15, -0.1) is 0 Å². The monoisotopic (exact) mass is 387 g/mol. The fraction of sp³-hybridized carbons (Fsp3) is 0.947. The molecular formula is C19H37N3O3S. The average molecular weight is 388 g/mol. The molecule has 0 aromatic rings. The van der Waals surface area contributed by atoms with E-state index in [9.17, 15) is 13.2 Å². The minimum absolute atomic E-state index is 0.0137. The van der Waals surface area contributed by atoms with Crippen LogP contribution in [0.25, 0.3) is 0 Å². The van der Waals surface area contributed by atoms with E-state index in [0.29, 0.717) is 37.9 Å². The van der Waals surface area contributed by atoms with Crippen LogP contribution in [0, 0.1) is 5.41 Å². The Morgan fingerprint density at radius 2 is 1.69 bits per heavy atom. The Bertz CT molecular complexity index is 563. The topological polar surface area (TPSA) is 60.9 Å². The highest BCUT2D eigenvalue weighted by atomic mass is 32.2. The van der Waals surface area contributed by atoms with Crippen molar-refractivity contribution in [3.8, 4) is 0 Å². The Morgan fingerprint density at radius 3 is 2.27 bits per heavy atom. The molecule has 2 fully saturated rings. The summed E-state index contributed by atoms with van der Waals surface area (Å²) in [6.07, 6.45) is 4.18. The highest BCUT2D eigenvalue weighted by molar-refractivity contribution is 7.89. The first-order chi connectivity index (χ1) is 12.1. The lowest BCUT2D eigenvalue weighted by molar-refractivity contribution is -0.138. The van der Waals surface area contributed by atoms with Crippen molar-refractivity contribution in [1.82, 2.24) is 14.1 Å². The molecule has 0 radical (unpaired) electrons. The van der Waals surface area contributed by atoms with Crippen molar-refractivity contribution < 1.29 is 13.2 Å². The molecule has 2 rings (SSSR count). The third kappa shape index (κ3) is 5.92. The number of sulfonamides is 1. The number of hydrogen-bond acceptors (Lipinski definition) is 4. The number of rotatable bonds is 6. The molecule has 2 saturated heterocycles. The van der Waals surface area contributed by atoms with E-state index in [-0.39, 0.29) is 11.7 Å². The molecule has 26 heavy (non-hydrogen) atoms. The summed E-state index contributed by atoms with van der Waals surface area (Å²) in [6, 6.07) is -0.485. The van der Waals surface area contributed by atoms with Gasteiger partial charge in [-0.25, -0.2) is 8.42 Å². The predicted molar refractivity (Wildman–Crippen MR) is 106 cm³/mol. The summed E-state index contributed by atoms with van der Waals surface area (Å²) in [5.74, 6) is 0.150. The lowest BCUT2D eigenvalue weighted by Crippen LogP contribution is -2.57. The SMILES string of the molecule is CCCS(=O)(=O)N1CCCCC1C(=O)N1CCN(CCC(C)(C)C)CC1. The van der Waals surface area contributed by atoms with E-state index in [1.807, 2.05) is 11.8 Å². The number of piperidine rings is 1. The van der Waals surface area contributed by atoms with Crippen molar-refractivity contribution in [2.24, 2.45) is 5.41 Å². The van der Waals surface area contributed by atoms with Gasteiger partial charge in [0.05, 0.1) is 5.75 Å². The zero-order valence-electron chi connectivity index (χ0n) is 17.0. The van der Waals surface area contributed by atoms with Gasteiger partial charge in [0.2, 0.25) is 15.9 Å². The second-order valence-electron chi connectivity index (χ2n) is 8.92. The van der Waals surface area contributed by atoms with Crippen molar-refractivity contribution in [3.05, 3.63) is 0 Å². The highest BCUT2D eigenvalue weighted by Crippen LogP contribution is 2.24. The molecule has 6 nitrogen and oxygen atoms in total. The van der Waals surface area contributed by atoms with Gasteiger partial charge in [-0.1, -0.05) is 34.1 Å². The second kappa shape index (κ2) is 9.02. The van der Waals surface area contributed by atoms with E-state index >= 15 is 0 Å². The molecule has 152 valence electrons. The van der Waals surface area contributed by atoms with Crippen LogP contribution in [0.4, 0.5) is 0 Å². The minimum Gasteiger partial charge on any atom is -0.339 e. The van der Waals surface area contributed by atoms with Gasteiger partial charge in [0.1, 0.15) is 6.04 Å². The van der Waals surface area contributed by atoms with Gasteiger partial charge < -0.3 is 4.90 Å². The van der Waals surface area contributed by atoms with Gasteiger partial charge in [0.15, 0.2) is 0 Å². The van der Waals surface area contributed by atoms with Crippen LogP contribution in [0.15, 0.2) is 0 Å². The fourth-order valence-electron chi connectivity index (χ4n) is 3.76. The van der Waals surface area contributed by atoms with Gasteiger partial charge in [0.25, 0.3) is 0 Å². The van der Waals surface area contributed by atoms with Crippen LogP contribution < -0.4 is 0 Å². The summed E-state index contributed by atoms with van der Waals surface area (Å²) < 4.78 is 26.6. The van der Waals surface area contributed by atoms with Crippen molar-refractivity contribution >= 4 is 15.9 Å². The van der Waals surface area contributed by atoms with E-state index in [2.05, 4.69) is 25.7 Å². The standard InChI is InChI=1S/C19H37N3O3S/c1-5-16-26(24,25)22-10-7-6-8-17(22)18(23)21-14-12-20(13-15-21)11-9-19(2,3)4/h17H,5-16H2,1-4H3. The molecule has 7 heteroatoms. The van der Waals surface area contributed by atoms with E-state index in [4.69, 9.17) is 0 Å². The van der Waals surface area contributed by atoms with Crippen LogP contribution in [0.3, 0.4) is 0 Å². The molecule has 0 aromatic heterocycles. The quantitative estimate of drug-likeness (QED) is 0.701. The number of carbonyl (C=O) groups excluding carboxylic acids is 1. The molecule has 2 heterocycles. The summed E-state index contributed by atoms with van der Waals surface area (Å²) in [5, 5.41) is 0. The molecule has 0 saturated carbocycles. The third-order valence-electron chi connectivity index (χ3n) is 5.42. The molecule has 0 aliphatic carbocycles. The Hall–Kier alpha value is -0.660. The summed E-state index contributed by atoms with van der Waals surface area (Å²) in [6.45, 7) is 13.4. The summed E-state index contributed by atoms with van der Waals surface area (Å²) in [7, 11) is -3.33. The van der Waals surface area contributed by atoms with Crippen LogP contribution in [0.5, 0.6) is 0 Å². The van der Waals surface area contributed by atoms with Crippen molar-refractivity contribution in [2.75, 3.05) is 45.0 Å². The van der Waals surface area contributed by atoms with Crippen molar-refractivity contribution in [1.29, 1.82) is 0 Å². The van der Waals surface area contributed by atoms with Crippen LogP contribution >= 0.6 is 0 Å². The summed E-state index contributed by atoms with van der Waals surface area (Å²) in [4.78, 5) is 17.3. The van der Waals surface area contributed by atoms with E-state index in [0.717, 1.165) is 38.9 Å². The van der Waals surface area contributed by atoms with Gasteiger partial charge in [0, 0.05) is 32.7 Å². The zero-order chi connectivity index (χ0) is 19.4. The van der Waals surface area contributed by atoms with Crippen molar-refractivity contribution in [3.63, 3.8) is 0 Å². The maximum absolute atomic E-state index is 13.0. The molecule has 1 unspecified atom stereocenters. The van der Waals surface area contributed by atoms with E-state index < -0.39 is 16.1 Å². The lowest BCUT2D eigenvalue weighted by atomic mass is 9.92. The molecule has 0 aromatic carbocycles. The molecule has 2 aliphatic rings. The van der Waals surface area contributed by atoms with Crippen LogP contribution in [0.1, 0.15) is 59.8 Å². The number of hydrogen-bond donors (Lipinski definition) is 0. The number of piperazine rings is 1. The number of amides is 1. The van der Waals surface area contributed by atoms with Crippen LogP contribution in [0.2, 0.25) is 0 Å². The minimum atomic E-state index is -3.33. The Kier molecular flexibility index (Phi) is 7.51. The lowest BCUT2D eigenvalue weighted by Gasteiger charge is -2.40. The van der Waals surface area contributed by atoms with Crippen molar-refractivity contribution in [2.45, 2.75) is 65.8 Å². The van der Waals surface area contributed by atoms with Gasteiger partial charge in [-0.3, -0.25) is 9.69 Å². The largest absolute Gasteiger partial charge is 0.339 e. The molecule has 0 N–H and O–H groups in total. The summed E-state index contributed by atoms with van der Waals surface area (Å²) in [5.41, 5.74) is 0.323. The van der Waals surface area contributed by atoms with Crippen LogP contribution in [-0.4, -0.2) is 79.5 Å². The summed E-state index contributed by atoms with van der Waals surface area (Å²) >= 11 is 0. The second-order valence-corrected chi connectivity index (χ2v) is 11.0. The first-order valence-corrected chi connectivity index (χ1v) is 11.8. The first kappa shape index (κ1) is 21.6. The van der Waals surface area contributed by atoms with E-state index in [1.54, 1.807) is 0 Å². The molecule has 2 aliphatic heterocycles. The highest BCUT2D eigenvalue weighted by Gasteiger charge is 2.38. The molecule has 1 amide bonds. The maximum atomic E-state index is 13.0. The normalized spacial score (nSPS) is 24.0. The fourth-order valence-corrected chi connectivity index (χ4v) is 5.50. The third-order valence-corrected chi connectivity index (χ3v) is 7.50. The first-order valence-electron chi connectivity index (χ1n) is 10.1. The number of nitrogens with zero attached hydrogens (tertiary/aromatic N) is 3. The Morgan fingerprint density at radius 1 is 1.04 bits per heavy atom. The predicted octanol–water partition coefficient (Wildman–Crippen LogP) is 2.16. The maximum Gasteiger partial charge on any atom is 0.241 e.